The van der Waals surface area contributed by atoms with Gasteiger partial charge in [-0.25, -0.2) is 4.39 Å². The van der Waals surface area contributed by atoms with Gasteiger partial charge in [-0.05, 0) is 36.4 Å². The Bertz CT molecular complexity index is 860. The Kier molecular flexibility index (Phi) is 3.73. The highest BCUT2D eigenvalue weighted by atomic mass is 35.5. The number of rotatable bonds is 3. The number of hydrogen-bond donors (Lipinski definition) is 2. The lowest BCUT2D eigenvalue weighted by atomic mass is 10.2. The molecule has 0 fully saturated rings. The number of carbonyl (C=O) groups excluding carboxylic acids is 1. The van der Waals surface area contributed by atoms with Gasteiger partial charge in [0.05, 0.1) is 12.8 Å². The molecule has 1 amide bonds. The van der Waals surface area contributed by atoms with E-state index in [1.165, 1.54) is 19.2 Å². The fourth-order valence-electron chi connectivity index (χ4n) is 2.21. The monoisotopic (exact) mass is 318 g/mol. The van der Waals surface area contributed by atoms with Crippen molar-refractivity contribution in [1.82, 2.24) is 4.98 Å². The molecule has 4 nitrogen and oxygen atoms in total. The number of H-pyrrole nitrogens is 1. The number of carbonyl (C=O) groups is 1. The van der Waals surface area contributed by atoms with Crippen molar-refractivity contribution in [2.24, 2.45) is 0 Å². The molecular weight excluding hydrogens is 307 g/mol. The van der Waals surface area contributed by atoms with Gasteiger partial charge in [0.2, 0.25) is 0 Å². The maximum atomic E-state index is 13.7. The van der Waals surface area contributed by atoms with E-state index >= 15 is 0 Å². The highest BCUT2D eigenvalue weighted by Gasteiger charge is 2.14. The molecular formula is C16H12ClFN2O2. The van der Waals surface area contributed by atoms with Gasteiger partial charge in [-0.3, -0.25) is 4.79 Å². The second kappa shape index (κ2) is 5.69. The fourth-order valence-corrected chi connectivity index (χ4v) is 2.38. The molecule has 2 aromatic carbocycles. The minimum atomic E-state index is -0.406. The van der Waals surface area contributed by atoms with Gasteiger partial charge in [0.1, 0.15) is 17.3 Å². The van der Waals surface area contributed by atoms with Crippen molar-refractivity contribution in [2.75, 3.05) is 12.4 Å². The molecule has 22 heavy (non-hydrogen) atoms. The number of anilines is 1. The highest BCUT2D eigenvalue weighted by Crippen LogP contribution is 2.28. The van der Waals surface area contributed by atoms with E-state index in [9.17, 15) is 9.18 Å². The summed E-state index contributed by atoms with van der Waals surface area (Å²) in [7, 11) is 1.50. The van der Waals surface area contributed by atoms with Crippen molar-refractivity contribution < 1.29 is 13.9 Å². The molecule has 3 aromatic rings. The molecule has 0 aliphatic rings. The quantitative estimate of drug-likeness (QED) is 0.759. The predicted octanol–water partition coefficient (Wildman–Crippen LogP) is 4.22. The van der Waals surface area contributed by atoms with Gasteiger partial charge in [0.25, 0.3) is 5.91 Å². The molecule has 112 valence electrons. The number of aromatic nitrogens is 1. The molecule has 0 spiro atoms. The van der Waals surface area contributed by atoms with Crippen LogP contribution in [0.4, 0.5) is 10.1 Å². The molecule has 2 N–H and O–H groups in total. The number of hydrogen-bond acceptors (Lipinski definition) is 2. The number of benzene rings is 2. The largest absolute Gasteiger partial charge is 0.495 e. The van der Waals surface area contributed by atoms with Crippen LogP contribution in [-0.2, 0) is 0 Å². The SMILES string of the molecule is COc1ccc(Cl)cc1NC(=O)c1cc2c(F)cccc2[nH]1. The average molecular weight is 319 g/mol. The Labute approximate surface area is 130 Å². The first-order valence-corrected chi connectivity index (χ1v) is 6.88. The van der Waals surface area contributed by atoms with Crippen LogP contribution in [0.25, 0.3) is 10.9 Å². The molecule has 0 atom stereocenters. The molecule has 0 saturated carbocycles. The van der Waals surface area contributed by atoms with E-state index in [0.29, 0.717) is 27.4 Å². The molecule has 0 unspecified atom stereocenters. The van der Waals surface area contributed by atoms with Crippen LogP contribution in [0.3, 0.4) is 0 Å². The number of amides is 1. The van der Waals surface area contributed by atoms with Gasteiger partial charge in [0.15, 0.2) is 0 Å². The summed E-state index contributed by atoms with van der Waals surface area (Å²) in [6.07, 6.45) is 0. The van der Waals surface area contributed by atoms with Crippen LogP contribution in [0.1, 0.15) is 10.5 Å². The molecule has 0 bridgehead atoms. The first kappa shape index (κ1) is 14.4. The Balaban J connectivity index is 1.93. The van der Waals surface area contributed by atoms with Crippen LogP contribution in [-0.4, -0.2) is 18.0 Å². The van der Waals surface area contributed by atoms with Crippen LogP contribution in [0, 0.1) is 5.82 Å². The summed E-state index contributed by atoms with van der Waals surface area (Å²) < 4.78 is 18.8. The zero-order valence-corrected chi connectivity index (χ0v) is 12.4. The topological polar surface area (TPSA) is 54.1 Å². The van der Waals surface area contributed by atoms with Crippen molar-refractivity contribution in [3.05, 3.63) is 59.0 Å². The summed E-state index contributed by atoms with van der Waals surface area (Å²) in [4.78, 5) is 15.2. The van der Waals surface area contributed by atoms with Crippen molar-refractivity contribution >= 4 is 34.1 Å². The van der Waals surface area contributed by atoms with E-state index in [4.69, 9.17) is 16.3 Å². The van der Waals surface area contributed by atoms with E-state index in [0.717, 1.165) is 0 Å². The van der Waals surface area contributed by atoms with E-state index in [2.05, 4.69) is 10.3 Å². The van der Waals surface area contributed by atoms with Crippen LogP contribution in [0.2, 0.25) is 5.02 Å². The second-order valence-corrected chi connectivity index (χ2v) is 5.12. The van der Waals surface area contributed by atoms with Crippen LogP contribution >= 0.6 is 11.6 Å². The first-order valence-electron chi connectivity index (χ1n) is 6.50. The smallest absolute Gasteiger partial charge is 0.272 e. The normalized spacial score (nSPS) is 10.7. The zero-order chi connectivity index (χ0) is 15.7. The second-order valence-electron chi connectivity index (χ2n) is 4.68. The number of methoxy groups -OCH3 is 1. The van der Waals surface area contributed by atoms with Gasteiger partial charge in [-0.1, -0.05) is 17.7 Å². The predicted molar refractivity (Wildman–Crippen MR) is 84.2 cm³/mol. The summed E-state index contributed by atoms with van der Waals surface area (Å²) in [5.41, 5.74) is 1.25. The highest BCUT2D eigenvalue weighted by molar-refractivity contribution is 6.31. The van der Waals surface area contributed by atoms with E-state index < -0.39 is 5.91 Å². The van der Waals surface area contributed by atoms with Crippen LogP contribution in [0.15, 0.2) is 42.5 Å². The average Bonchev–Trinajstić information content (AvgIpc) is 2.93. The van der Waals surface area contributed by atoms with Crippen molar-refractivity contribution in [1.29, 1.82) is 0 Å². The third-order valence-electron chi connectivity index (χ3n) is 3.27. The third kappa shape index (κ3) is 2.63. The molecule has 1 aromatic heterocycles. The number of ether oxygens (including phenoxy) is 1. The first-order chi connectivity index (χ1) is 10.6. The Morgan fingerprint density at radius 1 is 1.27 bits per heavy atom. The minimum Gasteiger partial charge on any atom is -0.495 e. The van der Waals surface area contributed by atoms with E-state index in [1.54, 1.807) is 30.3 Å². The molecule has 6 heteroatoms. The summed E-state index contributed by atoms with van der Waals surface area (Å²) >= 11 is 5.92. The number of nitrogens with one attached hydrogen (secondary N) is 2. The van der Waals surface area contributed by atoms with Gasteiger partial charge >= 0.3 is 0 Å². The third-order valence-corrected chi connectivity index (χ3v) is 3.50. The van der Waals surface area contributed by atoms with Gasteiger partial charge in [-0.15, -0.1) is 0 Å². The van der Waals surface area contributed by atoms with Crippen LogP contribution < -0.4 is 10.1 Å². The molecule has 0 aliphatic heterocycles. The summed E-state index contributed by atoms with van der Waals surface area (Å²) in [6, 6.07) is 11.0. The molecule has 0 aliphatic carbocycles. The molecule has 0 saturated heterocycles. The van der Waals surface area contributed by atoms with Gasteiger partial charge in [-0.2, -0.15) is 0 Å². The minimum absolute atomic E-state index is 0.252. The summed E-state index contributed by atoms with van der Waals surface area (Å²) in [5.74, 6) is -0.302. The summed E-state index contributed by atoms with van der Waals surface area (Å²) in [6.45, 7) is 0. The number of halogens is 2. The number of fused-ring (bicyclic) bond motifs is 1. The fraction of sp³-hybridized carbons (Fsp3) is 0.0625. The van der Waals surface area contributed by atoms with Gasteiger partial charge in [0, 0.05) is 15.9 Å². The molecule has 0 radical (unpaired) electrons. The lowest BCUT2D eigenvalue weighted by Crippen LogP contribution is -2.13. The van der Waals surface area contributed by atoms with E-state index in [1.807, 2.05) is 0 Å². The Morgan fingerprint density at radius 3 is 2.82 bits per heavy atom. The van der Waals surface area contributed by atoms with Crippen molar-refractivity contribution in [3.63, 3.8) is 0 Å². The Hall–Kier alpha value is -2.53. The Morgan fingerprint density at radius 2 is 2.09 bits per heavy atom. The van der Waals surface area contributed by atoms with Gasteiger partial charge < -0.3 is 15.0 Å². The summed E-state index contributed by atoms with van der Waals surface area (Å²) in [5, 5.41) is 3.53. The lowest BCUT2D eigenvalue weighted by Gasteiger charge is -2.09. The van der Waals surface area contributed by atoms with Crippen LogP contribution in [0.5, 0.6) is 5.75 Å². The zero-order valence-electron chi connectivity index (χ0n) is 11.6. The van der Waals surface area contributed by atoms with E-state index in [-0.39, 0.29) is 11.5 Å². The lowest BCUT2D eigenvalue weighted by molar-refractivity contribution is 0.102. The maximum absolute atomic E-state index is 13.7. The van der Waals surface area contributed by atoms with Crippen molar-refractivity contribution in [3.8, 4) is 5.75 Å². The van der Waals surface area contributed by atoms with Crippen molar-refractivity contribution in [2.45, 2.75) is 0 Å². The molecule has 1 heterocycles. The maximum Gasteiger partial charge on any atom is 0.272 e. The molecule has 3 rings (SSSR count). The standard InChI is InChI=1S/C16H12ClFN2O2/c1-22-15-6-5-9(17)7-13(15)20-16(21)14-8-10-11(18)3-2-4-12(10)19-14/h2-8,19H,1H3,(H,20,21). The number of aromatic amines is 1.